The second kappa shape index (κ2) is 8.87. The van der Waals surface area contributed by atoms with E-state index in [1.54, 1.807) is 7.11 Å². The molecule has 1 heterocycles. The summed E-state index contributed by atoms with van der Waals surface area (Å²) in [6.45, 7) is 6.26. The summed E-state index contributed by atoms with van der Waals surface area (Å²) in [5, 5.41) is 19.5. The Balaban J connectivity index is 2.24. The van der Waals surface area contributed by atoms with Gasteiger partial charge in [-0.15, -0.1) is 0 Å². The first-order valence-electron chi connectivity index (χ1n) is 7.23. The Bertz CT molecular complexity index is 237. The van der Waals surface area contributed by atoms with Crippen LogP contribution < -0.4 is 0 Å². The fraction of sp³-hybridized carbons (Fsp3) is 1.00. The number of likely N-dealkylation sites (tertiary alicyclic amines) is 1. The van der Waals surface area contributed by atoms with Crippen molar-refractivity contribution in [2.45, 2.75) is 57.5 Å². The van der Waals surface area contributed by atoms with E-state index in [1.807, 2.05) is 13.8 Å². The SMILES string of the molecule is COC[C@H](C)OC[C@H](O)CN1CCC[C@@H]1C[C@@H](C)O. The van der Waals surface area contributed by atoms with Gasteiger partial charge in [-0.3, -0.25) is 4.90 Å². The third-order valence-electron chi connectivity index (χ3n) is 3.53. The van der Waals surface area contributed by atoms with Gasteiger partial charge in [0.05, 0.1) is 31.5 Å². The molecule has 2 N–H and O–H groups in total. The smallest absolute Gasteiger partial charge is 0.0900 e. The third kappa shape index (κ3) is 6.68. The van der Waals surface area contributed by atoms with Gasteiger partial charge in [0, 0.05) is 19.7 Å². The molecule has 1 rings (SSSR count). The van der Waals surface area contributed by atoms with Crippen LogP contribution in [0.5, 0.6) is 0 Å². The number of β-amino-alcohol motifs (C(OH)–C–C–N with tert-alkyl or cyclic N) is 1. The van der Waals surface area contributed by atoms with Gasteiger partial charge in [0.2, 0.25) is 0 Å². The zero-order chi connectivity index (χ0) is 14.3. The van der Waals surface area contributed by atoms with Crippen LogP contribution in [-0.4, -0.2) is 72.9 Å². The van der Waals surface area contributed by atoms with Gasteiger partial charge < -0.3 is 19.7 Å². The number of aliphatic hydroxyl groups excluding tert-OH is 2. The highest BCUT2D eigenvalue weighted by Crippen LogP contribution is 2.21. The van der Waals surface area contributed by atoms with E-state index >= 15 is 0 Å². The van der Waals surface area contributed by atoms with Crippen LogP contribution in [0.15, 0.2) is 0 Å². The predicted octanol–water partition coefficient (Wildman–Crippen LogP) is 0.634. The average molecular weight is 275 g/mol. The van der Waals surface area contributed by atoms with Crippen molar-refractivity contribution in [2.24, 2.45) is 0 Å². The summed E-state index contributed by atoms with van der Waals surface area (Å²) >= 11 is 0. The van der Waals surface area contributed by atoms with Crippen LogP contribution >= 0.6 is 0 Å². The second-order valence-corrected chi connectivity index (χ2v) is 5.63. The number of hydrogen-bond acceptors (Lipinski definition) is 5. The van der Waals surface area contributed by atoms with Gasteiger partial charge in [0.25, 0.3) is 0 Å². The lowest BCUT2D eigenvalue weighted by Crippen LogP contribution is -2.39. The molecule has 0 aliphatic carbocycles. The Labute approximate surface area is 116 Å². The van der Waals surface area contributed by atoms with Gasteiger partial charge in [-0.25, -0.2) is 0 Å². The first-order valence-corrected chi connectivity index (χ1v) is 7.23. The molecule has 1 fully saturated rings. The first kappa shape index (κ1) is 16.9. The van der Waals surface area contributed by atoms with Crippen molar-refractivity contribution >= 4 is 0 Å². The lowest BCUT2D eigenvalue weighted by molar-refractivity contribution is -0.0415. The molecule has 0 bridgehead atoms. The third-order valence-corrected chi connectivity index (χ3v) is 3.53. The highest BCUT2D eigenvalue weighted by molar-refractivity contribution is 4.82. The summed E-state index contributed by atoms with van der Waals surface area (Å²) in [6, 6.07) is 0.394. The molecule has 1 aliphatic rings. The fourth-order valence-corrected chi connectivity index (χ4v) is 2.68. The van der Waals surface area contributed by atoms with Crippen molar-refractivity contribution in [1.29, 1.82) is 0 Å². The minimum atomic E-state index is -0.478. The fourth-order valence-electron chi connectivity index (χ4n) is 2.68. The molecule has 0 aromatic carbocycles. The van der Waals surface area contributed by atoms with Crippen molar-refractivity contribution in [3.63, 3.8) is 0 Å². The van der Waals surface area contributed by atoms with E-state index in [0.717, 1.165) is 25.8 Å². The van der Waals surface area contributed by atoms with Crippen LogP contribution in [0.25, 0.3) is 0 Å². The molecule has 114 valence electrons. The minimum Gasteiger partial charge on any atom is -0.393 e. The van der Waals surface area contributed by atoms with Crippen molar-refractivity contribution in [1.82, 2.24) is 4.90 Å². The predicted molar refractivity (Wildman–Crippen MR) is 74.2 cm³/mol. The van der Waals surface area contributed by atoms with Crippen molar-refractivity contribution in [2.75, 3.05) is 33.4 Å². The molecule has 1 aliphatic heterocycles. The van der Waals surface area contributed by atoms with E-state index in [9.17, 15) is 10.2 Å². The second-order valence-electron chi connectivity index (χ2n) is 5.63. The van der Waals surface area contributed by atoms with E-state index in [0.29, 0.717) is 25.8 Å². The number of nitrogens with zero attached hydrogens (tertiary/aromatic N) is 1. The molecule has 19 heavy (non-hydrogen) atoms. The zero-order valence-corrected chi connectivity index (χ0v) is 12.4. The van der Waals surface area contributed by atoms with Crippen molar-refractivity contribution in [3.05, 3.63) is 0 Å². The van der Waals surface area contributed by atoms with Crippen molar-refractivity contribution in [3.8, 4) is 0 Å². The Hall–Kier alpha value is -0.200. The van der Waals surface area contributed by atoms with E-state index in [1.165, 1.54) is 0 Å². The summed E-state index contributed by atoms with van der Waals surface area (Å²) in [7, 11) is 1.64. The van der Waals surface area contributed by atoms with Gasteiger partial charge in [0.1, 0.15) is 0 Å². The number of methoxy groups -OCH3 is 1. The van der Waals surface area contributed by atoms with Crippen molar-refractivity contribution < 1.29 is 19.7 Å². The summed E-state index contributed by atoms with van der Waals surface area (Å²) in [4.78, 5) is 2.27. The largest absolute Gasteiger partial charge is 0.393 e. The van der Waals surface area contributed by atoms with Crippen LogP contribution in [0.3, 0.4) is 0 Å². The molecule has 4 atom stereocenters. The molecule has 0 radical (unpaired) electrons. The summed E-state index contributed by atoms with van der Waals surface area (Å²) in [6.07, 6.45) is 2.29. The van der Waals surface area contributed by atoms with Crippen LogP contribution in [-0.2, 0) is 9.47 Å². The van der Waals surface area contributed by atoms with Gasteiger partial charge in [-0.1, -0.05) is 0 Å². The minimum absolute atomic E-state index is 0.00601. The monoisotopic (exact) mass is 275 g/mol. The molecule has 5 heteroatoms. The average Bonchev–Trinajstić information content (AvgIpc) is 2.73. The normalized spacial score (nSPS) is 25.4. The molecule has 0 aromatic heterocycles. The molecule has 0 unspecified atom stereocenters. The van der Waals surface area contributed by atoms with E-state index in [4.69, 9.17) is 9.47 Å². The van der Waals surface area contributed by atoms with Gasteiger partial charge >= 0.3 is 0 Å². The maximum absolute atomic E-state index is 10.0. The van der Waals surface area contributed by atoms with Gasteiger partial charge in [0.15, 0.2) is 0 Å². The number of rotatable bonds is 9. The Morgan fingerprint density at radius 2 is 2.00 bits per heavy atom. The molecule has 0 saturated carbocycles. The van der Waals surface area contributed by atoms with Crippen LogP contribution in [0, 0.1) is 0 Å². The molecular formula is C14H29NO4. The maximum atomic E-state index is 10.0. The van der Waals surface area contributed by atoms with E-state index < -0.39 is 6.10 Å². The van der Waals surface area contributed by atoms with E-state index in [2.05, 4.69) is 4.90 Å². The number of hydrogen-bond donors (Lipinski definition) is 2. The molecule has 5 nitrogen and oxygen atoms in total. The molecular weight excluding hydrogens is 246 g/mol. The highest BCUT2D eigenvalue weighted by atomic mass is 16.5. The number of aliphatic hydroxyl groups is 2. The molecule has 0 amide bonds. The molecule has 1 saturated heterocycles. The van der Waals surface area contributed by atoms with Gasteiger partial charge in [-0.05, 0) is 39.7 Å². The van der Waals surface area contributed by atoms with Crippen LogP contribution in [0.1, 0.15) is 33.1 Å². The van der Waals surface area contributed by atoms with Gasteiger partial charge in [-0.2, -0.15) is 0 Å². The number of ether oxygens (including phenoxy) is 2. The summed E-state index contributed by atoms with van der Waals surface area (Å²) < 4.78 is 10.5. The lowest BCUT2D eigenvalue weighted by atomic mass is 10.1. The molecule has 0 aromatic rings. The van der Waals surface area contributed by atoms with Crippen LogP contribution in [0.2, 0.25) is 0 Å². The lowest BCUT2D eigenvalue weighted by Gasteiger charge is -2.28. The summed E-state index contributed by atoms with van der Waals surface area (Å²) in [5.74, 6) is 0. The zero-order valence-electron chi connectivity index (χ0n) is 12.4. The highest BCUT2D eigenvalue weighted by Gasteiger charge is 2.27. The quantitative estimate of drug-likeness (QED) is 0.646. The topological polar surface area (TPSA) is 62.2 Å². The maximum Gasteiger partial charge on any atom is 0.0900 e. The van der Waals surface area contributed by atoms with Crippen LogP contribution in [0.4, 0.5) is 0 Å². The Morgan fingerprint density at radius 1 is 1.26 bits per heavy atom. The Kier molecular flexibility index (Phi) is 7.87. The summed E-state index contributed by atoms with van der Waals surface area (Å²) in [5.41, 5.74) is 0. The Morgan fingerprint density at radius 3 is 2.63 bits per heavy atom. The standard InChI is InChI=1S/C14H29NO4/c1-11(16)7-13-5-4-6-15(13)8-14(17)10-19-12(2)9-18-3/h11-14,16-17H,4-10H2,1-3H3/t11-,12+,13-,14-/m1/s1. The van der Waals surface area contributed by atoms with E-state index in [-0.39, 0.29) is 12.2 Å². The molecule has 0 spiro atoms. The first-order chi connectivity index (χ1) is 9.02.